The van der Waals surface area contributed by atoms with Crippen LogP contribution in [-0.2, 0) is 0 Å². The standard InChI is InChI=1S/C28H36N2S2/c1-6-29(7-2)23-13-9-21(10-14-23)28(26-19-25(31)17-18-27(26)32)22-11-15-24(16-12-22)30(8-3)20(4)5/h9-20,28,31-32H,6-8H2,1-5H3. The summed E-state index contributed by atoms with van der Waals surface area (Å²) in [6, 6.07) is 24.7. The Morgan fingerprint density at radius 3 is 1.69 bits per heavy atom. The van der Waals surface area contributed by atoms with E-state index in [1.807, 2.05) is 12.1 Å². The SMILES string of the molecule is CCN(CC)c1ccc(C(c2ccc(N(CC)C(C)C)cc2)c2cc(S)ccc2S)cc1. The van der Waals surface area contributed by atoms with Gasteiger partial charge in [0.05, 0.1) is 0 Å². The topological polar surface area (TPSA) is 6.48 Å². The molecule has 4 heteroatoms. The molecule has 3 aromatic carbocycles. The molecule has 0 aliphatic rings. The van der Waals surface area contributed by atoms with Crippen LogP contribution < -0.4 is 9.80 Å². The fourth-order valence-electron chi connectivity index (χ4n) is 4.50. The van der Waals surface area contributed by atoms with Crippen LogP contribution in [0.2, 0.25) is 0 Å². The maximum absolute atomic E-state index is 4.81. The molecule has 1 atom stereocenters. The Kier molecular flexibility index (Phi) is 8.61. The summed E-state index contributed by atoms with van der Waals surface area (Å²) in [5, 5.41) is 0. The van der Waals surface area contributed by atoms with Crippen LogP contribution in [0.1, 0.15) is 57.2 Å². The molecule has 0 saturated heterocycles. The van der Waals surface area contributed by atoms with Crippen molar-refractivity contribution in [2.45, 2.75) is 56.4 Å². The predicted octanol–water partition coefficient (Wildman–Crippen LogP) is 7.53. The second-order valence-electron chi connectivity index (χ2n) is 8.41. The monoisotopic (exact) mass is 464 g/mol. The third kappa shape index (κ3) is 5.47. The molecule has 0 N–H and O–H groups in total. The highest BCUT2D eigenvalue weighted by Gasteiger charge is 2.20. The van der Waals surface area contributed by atoms with Gasteiger partial charge in [0.25, 0.3) is 0 Å². The van der Waals surface area contributed by atoms with Gasteiger partial charge in [-0.2, -0.15) is 0 Å². The van der Waals surface area contributed by atoms with Crippen molar-refractivity contribution in [3.8, 4) is 0 Å². The molecule has 0 heterocycles. The Hall–Kier alpha value is -2.04. The minimum absolute atomic E-state index is 0.100. The lowest BCUT2D eigenvalue weighted by atomic mass is 9.85. The highest BCUT2D eigenvalue weighted by Crippen LogP contribution is 2.38. The summed E-state index contributed by atoms with van der Waals surface area (Å²) in [7, 11) is 0. The van der Waals surface area contributed by atoms with Crippen molar-refractivity contribution in [1.82, 2.24) is 0 Å². The minimum atomic E-state index is 0.100. The second kappa shape index (κ2) is 11.2. The zero-order chi connectivity index (χ0) is 23.3. The molecule has 0 amide bonds. The van der Waals surface area contributed by atoms with Gasteiger partial charge in [0, 0.05) is 52.8 Å². The summed E-state index contributed by atoms with van der Waals surface area (Å²) in [5.41, 5.74) is 6.23. The Morgan fingerprint density at radius 2 is 1.22 bits per heavy atom. The van der Waals surface area contributed by atoms with Crippen LogP contribution >= 0.6 is 25.3 Å². The van der Waals surface area contributed by atoms with E-state index in [1.165, 1.54) is 28.1 Å². The number of benzene rings is 3. The third-order valence-corrected chi connectivity index (χ3v) is 6.88. The van der Waals surface area contributed by atoms with Gasteiger partial charge in [-0.3, -0.25) is 0 Å². The fraction of sp³-hybridized carbons (Fsp3) is 0.357. The average Bonchev–Trinajstić information content (AvgIpc) is 2.79. The van der Waals surface area contributed by atoms with Crippen LogP contribution in [0.15, 0.2) is 76.5 Å². The largest absolute Gasteiger partial charge is 0.372 e. The molecule has 3 aromatic rings. The number of rotatable bonds is 9. The Labute approximate surface area is 205 Å². The predicted molar refractivity (Wildman–Crippen MR) is 146 cm³/mol. The summed E-state index contributed by atoms with van der Waals surface area (Å²) in [6.07, 6.45) is 0. The van der Waals surface area contributed by atoms with Crippen molar-refractivity contribution in [3.63, 3.8) is 0 Å². The molecule has 3 rings (SSSR count). The number of hydrogen-bond acceptors (Lipinski definition) is 4. The van der Waals surface area contributed by atoms with E-state index in [0.717, 1.165) is 29.4 Å². The maximum Gasteiger partial charge on any atom is 0.0368 e. The molecule has 2 nitrogen and oxygen atoms in total. The Morgan fingerprint density at radius 1 is 0.688 bits per heavy atom. The van der Waals surface area contributed by atoms with Gasteiger partial charge in [-0.25, -0.2) is 0 Å². The zero-order valence-corrected chi connectivity index (χ0v) is 21.7. The van der Waals surface area contributed by atoms with E-state index in [0.29, 0.717) is 6.04 Å². The molecule has 170 valence electrons. The zero-order valence-electron chi connectivity index (χ0n) is 19.9. The van der Waals surface area contributed by atoms with Gasteiger partial charge in [-0.1, -0.05) is 24.3 Å². The normalized spacial score (nSPS) is 12.1. The summed E-state index contributed by atoms with van der Waals surface area (Å²) >= 11 is 9.43. The molecule has 0 aromatic heterocycles. The number of thiol groups is 2. The third-order valence-electron chi connectivity index (χ3n) is 6.20. The highest BCUT2D eigenvalue weighted by molar-refractivity contribution is 7.80. The number of hydrogen-bond donors (Lipinski definition) is 2. The molecule has 0 fully saturated rings. The quantitative estimate of drug-likeness (QED) is 0.250. The van der Waals surface area contributed by atoms with Crippen molar-refractivity contribution >= 4 is 36.6 Å². The highest BCUT2D eigenvalue weighted by atomic mass is 32.1. The molecule has 32 heavy (non-hydrogen) atoms. The van der Waals surface area contributed by atoms with Crippen molar-refractivity contribution < 1.29 is 0 Å². The van der Waals surface area contributed by atoms with Gasteiger partial charge in [0.2, 0.25) is 0 Å². The van der Waals surface area contributed by atoms with E-state index < -0.39 is 0 Å². The first kappa shape index (κ1) is 24.6. The van der Waals surface area contributed by atoms with E-state index in [9.17, 15) is 0 Å². The fourth-order valence-corrected chi connectivity index (χ4v) is 4.98. The maximum atomic E-state index is 4.81. The molecule has 0 saturated carbocycles. The molecule has 0 bridgehead atoms. The summed E-state index contributed by atoms with van der Waals surface area (Å²) in [5.74, 6) is 0.100. The summed E-state index contributed by atoms with van der Waals surface area (Å²) in [4.78, 5) is 6.73. The summed E-state index contributed by atoms with van der Waals surface area (Å²) in [6.45, 7) is 14.1. The molecular weight excluding hydrogens is 428 g/mol. The smallest absolute Gasteiger partial charge is 0.0368 e. The van der Waals surface area contributed by atoms with Crippen molar-refractivity contribution in [1.29, 1.82) is 0 Å². The van der Waals surface area contributed by atoms with Crippen molar-refractivity contribution in [2.75, 3.05) is 29.4 Å². The number of nitrogens with zero attached hydrogens (tertiary/aromatic N) is 2. The number of anilines is 2. The lowest BCUT2D eigenvalue weighted by Gasteiger charge is -2.28. The van der Waals surface area contributed by atoms with Gasteiger partial charge in [0.15, 0.2) is 0 Å². The van der Waals surface area contributed by atoms with Crippen LogP contribution in [0.5, 0.6) is 0 Å². The second-order valence-corrected chi connectivity index (χ2v) is 9.41. The molecule has 0 aliphatic carbocycles. The average molecular weight is 465 g/mol. The lowest BCUT2D eigenvalue weighted by Crippen LogP contribution is -2.30. The van der Waals surface area contributed by atoms with E-state index in [-0.39, 0.29) is 5.92 Å². The van der Waals surface area contributed by atoms with Crippen LogP contribution in [0.25, 0.3) is 0 Å². The van der Waals surface area contributed by atoms with Crippen molar-refractivity contribution in [2.24, 2.45) is 0 Å². The summed E-state index contributed by atoms with van der Waals surface area (Å²) < 4.78 is 0. The Bertz CT molecular complexity index is 993. The van der Waals surface area contributed by atoms with Crippen molar-refractivity contribution in [3.05, 3.63) is 83.4 Å². The van der Waals surface area contributed by atoms with E-state index in [4.69, 9.17) is 12.6 Å². The van der Waals surface area contributed by atoms with Crippen LogP contribution in [0, 0.1) is 0 Å². The Balaban J connectivity index is 2.07. The van der Waals surface area contributed by atoms with Crippen LogP contribution in [0.4, 0.5) is 11.4 Å². The molecule has 1 unspecified atom stereocenters. The van der Waals surface area contributed by atoms with E-state index >= 15 is 0 Å². The van der Waals surface area contributed by atoms with Crippen LogP contribution in [0.3, 0.4) is 0 Å². The van der Waals surface area contributed by atoms with Gasteiger partial charge in [-0.05, 0) is 93.8 Å². The van der Waals surface area contributed by atoms with Crippen LogP contribution in [-0.4, -0.2) is 25.7 Å². The first-order valence-corrected chi connectivity index (χ1v) is 12.5. The first-order chi connectivity index (χ1) is 15.4. The van der Waals surface area contributed by atoms with Gasteiger partial charge in [0.1, 0.15) is 0 Å². The molecule has 0 spiro atoms. The lowest BCUT2D eigenvalue weighted by molar-refractivity contribution is 0.703. The molecular formula is C28H36N2S2. The van der Waals surface area contributed by atoms with Gasteiger partial charge < -0.3 is 9.80 Å². The minimum Gasteiger partial charge on any atom is -0.372 e. The molecule has 0 aliphatic heterocycles. The molecule has 0 radical (unpaired) electrons. The first-order valence-electron chi connectivity index (χ1n) is 11.6. The van der Waals surface area contributed by atoms with Gasteiger partial charge in [-0.15, -0.1) is 25.3 Å². The van der Waals surface area contributed by atoms with E-state index in [1.54, 1.807) is 0 Å². The van der Waals surface area contributed by atoms with Gasteiger partial charge >= 0.3 is 0 Å². The van der Waals surface area contributed by atoms with E-state index in [2.05, 4.69) is 112 Å².